The molecule has 0 aromatic carbocycles. The van der Waals surface area contributed by atoms with Gasteiger partial charge in [0.15, 0.2) is 0 Å². The van der Waals surface area contributed by atoms with Crippen LogP contribution in [0.15, 0.2) is 0 Å². The minimum Gasteiger partial charge on any atom is -0.341 e. The van der Waals surface area contributed by atoms with E-state index >= 15 is 0 Å². The summed E-state index contributed by atoms with van der Waals surface area (Å²) in [6.45, 7) is 0. The first kappa shape index (κ1) is 16.8. The van der Waals surface area contributed by atoms with Gasteiger partial charge in [0.1, 0.15) is 0 Å². The Morgan fingerprint density at radius 3 is 1.39 bits per heavy atom. The number of carbonyl (C=O) groups is 4. The summed E-state index contributed by atoms with van der Waals surface area (Å²) in [5.74, 6) is -2.66. The van der Waals surface area contributed by atoms with Gasteiger partial charge in [-0.1, -0.05) is 31.9 Å². The molecule has 0 heterocycles. The molecule has 0 radical (unpaired) electrons. The highest BCUT2D eigenvalue weighted by Gasteiger charge is 2.11. The van der Waals surface area contributed by atoms with Gasteiger partial charge in [-0.05, 0) is 0 Å². The fourth-order valence-electron chi connectivity index (χ4n) is 0.588. The molecular weight excluding hydrogens is 380 g/mol. The van der Waals surface area contributed by atoms with Crippen molar-refractivity contribution in [2.45, 2.75) is 12.8 Å². The lowest BCUT2D eigenvalue weighted by atomic mass is 10.3. The van der Waals surface area contributed by atoms with Crippen molar-refractivity contribution >= 4 is 55.6 Å². The number of carbonyl (C=O) groups excluding carboxylic acids is 4. The quantitative estimate of drug-likeness (QED) is 0.493. The molecule has 0 rings (SSSR count). The van der Waals surface area contributed by atoms with E-state index < -0.39 is 23.8 Å². The molecule has 0 aromatic heterocycles. The van der Waals surface area contributed by atoms with Crippen molar-refractivity contribution in [3.63, 3.8) is 0 Å². The van der Waals surface area contributed by atoms with Gasteiger partial charge < -0.3 is 9.68 Å². The minimum absolute atomic E-state index is 0.0130. The lowest BCUT2D eigenvalue weighted by Crippen LogP contribution is -2.29. The summed E-state index contributed by atoms with van der Waals surface area (Å²) in [6, 6.07) is 0. The molecule has 0 unspecified atom stereocenters. The summed E-state index contributed by atoms with van der Waals surface area (Å²) in [5.41, 5.74) is 3.70. The zero-order chi connectivity index (χ0) is 14.0. The van der Waals surface area contributed by atoms with Crippen LogP contribution in [0.25, 0.3) is 0 Å². The molecule has 0 atom stereocenters. The molecule has 0 aliphatic carbocycles. The third-order valence-electron chi connectivity index (χ3n) is 1.33. The largest absolute Gasteiger partial charge is 0.341 e. The Labute approximate surface area is 119 Å². The highest BCUT2D eigenvalue weighted by Crippen LogP contribution is 1.94. The van der Waals surface area contributed by atoms with Gasteiger partial charge in [-0.3, -0.25) is 9.59 Å². The Bertz CT molecular complexity index is 304. The molecule has 0 saturated carbocycles. The van der Waals surface area contributed by atoms with Crippen LogP contribution in [0.4, 0.5) is 0 Å². The second-order valence-electron chi connectivity index (χ2n) is 2.77. The summed E-state index contributed by atoms with van der Waals surface area (Å²) in [6.07, 6.45) is -0.572. The summed E-state index contributed by atoms with van der Waals surface area (Å²) >= 11 is 5.69. The van der Waals surface area contributed by atoms with Crippen molar-refractivity contribution in [2.75, 3.05) is 10.7 Å². The van der Waals surface area contributed by atoms with Crippen molar-refractivity contribution in [3.05, 3.63) is 0 Å². The molecular formula is C8H10Br2N2O6. The van der Waals surface area contributed by atoms with Gasteiger partial charge in [0.05, 0.1) is 23.5 Å². The Kier molecular flexibility index (Phi) is 9.19. The number of hydrogen-bond donors (Lipinski definition) is 2. The minimum atomic E-state index is -0.798. The van der Waals surface area contributed by atoms with Crippen LogP contribution in [0.2, 0.25) is 0 Å². The van der Waals surface area contributed by atoms with Gasteiger partial charge in [-0.25, -0.2) is 9.59 Å². The molecule has 8 nitrogen and oxygen atoms in total. The second kappa shape index (κ2) is 9.83. The third-order valence-corrected chi connectivity index (χ3v) is 2.35. The third kappa shape index (κ3) is 8.93. The summed E-state index contributed by atoms with van der Waals surface area (Å²) in [5, 5.41) is -0.0260. The zero-order valence-electron chi connectivity index (χ0n) is 9.03. The Hall–Kier alpha value is -1.16. The molecule has 10 heteroatoms. The van der Waals surface area contributed by atoms with Crippen molar-refractivity contribution in [3.8, 4) is 0 Å². The predicted octanol–water partition coefficient (Wildman–Crippen LogP) is -0.295. The molecule has 2 amide bonds. The van der Waals surface area contributed by atoms with Crippen LogP contribution in [-0.4, -0.2) is 34.4 Å². The first-order valence-corrected chi connectivity index (χ1v) is 6.82. The Morgan fingerprint density at radius 1 is 0.778 bits per heavy atom. The standard InChI is InChI=1S/C8H10Br2N2O6/c9-3-5(13)11-17-7(15)1-2-8(16)18-12-6(14)4-10/h1-4H2,(H,11,13)(H,12,14). The average molecular weight is 390 g/mol. The van der Waals surface area contributed by atoms with E-state index in [-0.39, 0.29) is 23.5 Å². The Balaban J connectivity index is 3.68. The molecule has 2 N–H and O–H groups in total. The fourth-order valence-corrected chi connectivity index (χ4v) is 0.817. The van der Waals surface area contributed by atoms with Gasteiger partial charge in [-0.2, -0.15) is 11.0 Å². The van der Waals surface area contributed by atoms with E-state index in [4.69, 9.17) is 0 Å². The summed E-state index contributed by atoms with van der Waals surface area (Å²) < 4.78 is 0. The van der Waals surface area contributed by atoms with E-state index in [1.807, 2.05) is 11.0 Å². The predicted molar refractivity (Wildman–Crippen MR) is 65.3 cm³/mol. The van der Waals surface area contributed by atoms with Crippen LogP contribution in [0.5, 0.6) is 0 Å². The maximum atomic E-state index is 11.0. The van der Waals surface area contributed by atoms with E-state index in [1.54, 1.807) is 0 Å². The van der Waals surface area contributed by atoms with Crippen LogP contribution in [0.1, 0.15) is 12.8 Å². The number of alkyl halides is 2. The number of hydrogen-bond acceptors (Lipinski definition) is 6. The average Bonchev–Trinajstić information content (AvgIpc) is 2.39. The maximum Gasteiger partial charge on any atom is 0.332 e. The number of amides is 2. The fraction of sp³-hybridized carbons (Fsp3) is 0.500. The van der Waals surface area contributed by atoms with Crippen molar-refractivity contribution < 1.29 is 28.9 Å². The van der Waals surface area contributed by atoms with Crippen molar-refractivity contribution in [2.24, 2.45) is 0 Å². The van der Waals surface area contributed by atoms with Crippen LogP contribution < -0.4 is 11.0 Å². The van der Waals surface area contributed by atoms with Crippen molar-refractivity contribution in [1.29, 1.82) is 0 Å². The van der Waals surface area contributed by atoms with Crippen molar-refractivity contribution in [1.82, 2.24) is 11.0 Å². The molecule has 102 valence electrons. The van der Waals surface area contributed by atoms with Crippen LogP contribution in [0, 0.1) is 0 Å². The highest BCUT2D eigenvalue weighted by molar-refractivity contribution is 9.09. The van der Waals surface area contributed by atoms with Crippen LogP contribution in [-0.2, 0) is 28.9 Å². The monoisotopic (exact) mass is 388 g/mol. The van der Waals surface area contributed by atoms with Crippen LogP contribution in [0.3, 0.4) is 0 Å². The first-order chi connectivity index (χ1) is 8.49. The van der Waals surface area contributed by atoms with E-state index in [0.717, 1.165) is 0 Å². The summed E-state index contributed by atoms with van der Waals surface area (Å²) in [7, 11) is 0. The highest BCUT2D eigenvalue weighted by atomic mass is 79.9. The Morgan fingerprint density at radius 2 is 1.11 bits per heavy atom. The molecule has 0 aliphatic heterocycles. The number of nitrogens with one attached hydrogen (secondary N) is 2. The number of rotatable bonds is 5. The maximum absolute atomic E-state index is 11.0. The van der Waals surface area contributed by atoms with Gasteiger partial charge in [-0.15, -0.1) is 0 Å². The summed E-state index contributed by atoms with van der Waals surface area (Å²) in [4.78, 5) is 52.0. The van der Waals surface area contributed by atoms with Gasteiger partial charge in [0, 0.05) is 0 Å². The lowest BCUT2D eigenvalue weighted by molar-refractivity contribution is -0.162. The van der Waals surface area contributed by atoms with Gasteiger partial charge >= 0.3 is 11.9 Å². The number of halogens is 2. The molecule has 0 bridgehead atoms. The molecule has 0 aliphatic rings. The molecule has 0 spiro atoms. The number of hydroxylamine groups is 2. The normalized spacial score (nSPS) is 9.22. The van der Waals surface area contributed by atoms with Crippen LogP contribution >= 0.6 is 31.9 Å². The topological polar surface area (TPSA) is 111 Å². The van der Waals surface area contributed by atoms with Gasteiger partial charge in [0.25, 0.3) is 11.8 Å². The van der Waals surface area contributed by atoms with E-state index in [2.05, 4.69) is 41.5 Å². The van der Waals surface area contributed by atoms with E-state index in [1.165, 1.54) is 0 Å². The molecule has 0 aromatic rings. The SMILES string of the molecule is O=C(CBr)NOC(=O)CCC(=O)ONC(=O)CBr. The molecule has 0 fully saturated rings. The van der Waals surface area contributed by atoms with E-state index in [9.17, 15) is 19.2 Å². The van der Waals surface area contributed by atoms with Gasteiger partial charge in [0.2, 0.25) is 0 Å². The lowest BCUT2D eigenvalue weighted by Gasteiger charge is -2.04. The molecule has 18 heavy (non-hydrogen) atoms. The first-order valence-electron chi connectivity index (χ1n) is 4.58. The smallest absolute Gasteiger partial charge is 0.332 e. The zero-order valence-corrected chi connectivity index (χ0v) is 12.2. The second-order valence-corrected chi connectivity index (χ2v) is 3.89. The molecule has 0 saturated heterocycles. The van der Waals surface area contributed by atoms with E-state index in [0.29, 0.717) is 0 Å².